The van der Waals surface area contributed by atoms with Crippen LogP contribution in [-0.2, 0) is 23.0 Å². The summed E-state index contributed by atoms with van der Waals surface area (Å²) in [6, 6.07) is 17.8. The summed E-state index contributed by atoms with van der Waals surface area (Å²) in [6.45, 7) is 2.65. The van der Waals surface area contributed by atoms with Gasteiger partial charge in [-0.2, -0.15) is 4.72 Å². The van der Waals surface area contributed by atoms with Crippen molar-refractivity contribution in [3.63, 3.8) is 0 Å². The van der Waals surface area contributed by atoms with Gasteiger partial charge in [0.2, 0.25) is 10.0 Å². The molecule has 26 heavy (non-hydrogen) atoms. The highest BCUT2D eigenvalue weighted by Gasteiger charge is 2.14. The minimum Gasteiger partial charge on any atom is -0.288 e. The van der Waals surface area contributed by atoms with Crippen LogP contribution in [0.2, 0.25) is 0 Å². The summed E-state index contributed by atoms with van der Waals surface area (Å²) in [5.41, 5.74) is 3.61. The van der Waals surface area contributed by atoms with Crippen LogP contribution in [0.3, 0.4) is 0 Å². The molecule has 0 fully saturated rings. The van der Waals surface area contributed by atoms with Crippen LogP contribution in [0.15, 0.2) is 60.0 Å². The van der Waals surface area contributed by atoms with Crippen LogP contribution in [0.1, 0.15) is 16.7 Å². The lowest BCUT2D eigenvalue weighted by atomic mass is 10.0. The minimum atomic E-state index is -3.47. The molecule has 5 heteroatoms. The summed E-state index contributed by atoms with van der Waals surface area (Å²) in [5.74, 6) is 5.95. The molecule has 0 aliphatic carbocycles. The molecule has 0 aromatic heterocycles. The van der Waals surface area contributed by atoms with Crippen LogP contribution in [-0.4, -0.2) is 33.0 Å². The molecule has 4 nitrogen and oxygen atoms in total. The molecule has 0 atom stereocenters. The Bertz CT molecular complexity index is 925. The number of nitrogens with zero attached hydrogens (tertiary/aromatic N) is 1. The van der Waals surface area contributed by atoms with Crippen molar-refractivity contribution in [1.29, 1.82) is 0 Å². The van der Waals surface area contributed by atoms with E-state index in [1.54, 1.807) is 6.08 Å². The molecular formula is C21H22N2O2S. The van der Waals surface area contributed by atoms with Gasteiger partial charge in [-0.05, 0) is 29.2 Å². The summed E-state index contributed by atoms with van der Waals surface area (Å²) in [4.78, 5) is 2.28. The van der Waals surface area contributed by atoms with E-state index in [-0.39, 0.29) is 6.54 Å². The number of sulfonamides is 1. The van der Waals surface area contributed by atoms with Gasteiger partial charge in [0.05, 0.1) is 13.1 Å². The SMILES string of the molecule is O=S(=O)(/C=C/c1ccccc1)NCC#CCN1CCc2ccccc2C1. The van der Waals surface area contributed by atoms with Gasteiger partial charge < -0.3 is 0 Å². The number of hydrogen-bond donors (Lipinski definition) is 1. The molecule has 3 rings (SSSR count). The molecule has 0 radical (unpaired) electrons. The Balaban J connectivity index is 1.45. The molecule has 1 heterocycles. The summed E-state index contributed by atoms with van der Waals surface area (Å²) < 4.78 is 26.3. The lowest BCUT2D eigenvalue weighted by Gasteiger charge is -2.26. The number of fused-ring (bicyclic) bond motifs is 1. The zero-order chi connectivity index (χ0) is 18.2. The highest BCUT2D eigenvalue weighted by molar-refractivity contribution is 7.92. The van der Waals surface area contributed by atoms with Crippen molar-refractivity contribution in [2.45, 2.75) is 13.0 Å². The maximum Gasteiger partial charge on any atom is 0.234 e. The molecule has 1 N–H and O–H groups in total. The van der Waals surface area contributed by atoms with E-state index in [2.05, 4.69) is 45.7 Å². The second kappa shape index (κ2) is 8.81. The summed E-state index contributed by atoms with van der Waals surface area (Å²) >= 11 is 0. The number of hydrogen-bond acceptors (Lipinski definition) is 3. The van der Waals surface area contributed by atoms with Crippen molar-refractivity contribution in [1.82, 2.24) is 9.62 Å². The molecule has 0 saturated heterocycles. The average molecular weight is 366 g/mol. The van der Waals surface area contributed by atoms with Gasteiger partial charge in [-0.3, -0.25) is 4.90 Å². The van der Waals surface area contributed by atoms with Gasteiger partial charge in [0, 0.05) is 18.5 Å². The Morgan fingerprint density at radius 3 is 2.54 bits per heavy atom. The number of benzene rings is 2. The van der Waals surface area contributed by atoms with Gasteiger partial charge in [0.25, 0.3) is 0 Å². The van der Waals surface area contributed by atoms with Crippen LogP contribution in [0.5, 0.6) is 0 Å². The first kappa shape index (κ1) is 18.4. The zero-order valence-electron chi connectivity index (χ0n) is 14.6. The molecule has 0 unspecified atom stereocenters. The number of nitrogens with one attached hydrogen (secondary N) is 1. The van der Waals surface area contributed by atoms with E-state index in [1.807, 2.05) is 30.3 Å². The van der Waals surface area contributed by atoms with Crippen LogP contribution in [0.4, 0.5) is 0 Å². The lowest BCUT2D eigenvalue weighted by Crippen LogP contribution is -2.30. The maximum atomic E-state index is 11.9. The Kier molecular flexibility index (Phi) is 6.24. The summed E-state index contributed by atoms with van der Waals surface area (Å²) in [5, 5.41) is 1.17. The van der Waals surface area contributed by atoms with Gasteiger partial charge in [0.1, 0.15) is 0 Å². The van der Waals surface area contributed by atoms with Gasteiger partial charge in [-0.1, -0.05) is 66.4 Å². The first-order chi connectivity index (χ1) is 12.6. The fraction of sp³-hybridized carbons (Fsp3) is 0.238. The van der Waals surface area contributed by atoms with E-state index in [0.29, 0.717) is 6.54 Å². The van der Waals surface area contributed by atoms with E-state index in [0.717, 1.165) is 25.1 Å². The maximum absolute atomic E-state index is 11.9. The van der Waals surface area contributed by atoms with Crippen LogP contribution >= 0.6 is 0 Å². The Labute approximate surface area is 155 Å². The molecule has 134 valence electrons. The van der Waals surface area contributed by atoms with Crippen molar-refractivity contribution in [2.75, 3.05) is 19.6 Å². The predicted octanol–water partition coefficient (Wildman–Crippen LogP) is 2.64. The van der Waals surface area contributed by atoms with E-state index >= 15 is 0 Å². The van der Waals surface area contributed by atoms with E-state index in [1.165, 1.54) is 16.5 Å². The Morgan fingerprint density at radius 1 is 1.00 bits per heavy atom. The molecule has 1 aliphatic rings. The van der Waals surface area contributed by atoms with Crippen molar-refractivity contribution in [3.8, 4) is 11.8 Å². The molecular weight excluding hydrogens is 344 g/mol. The van der Waals surface area contributed by atoms with Gasteiger partial charge in [0.15, 0.2) is 0 Å². The molecule has 1 aliphatic heterocycles. The second-order valence-corrected chi connectivity index (χ2v) is 7.81. The monoisotopic (exact) mass is 366 g/mol. The highest BCUT2D eigenvalue weighted by Crippen LogP contribution is 2.17. The van der Waals surface area contributed by atoms with Gasteiger partial charge in [-0.15, -0.1) is 0 Å². The second-order valence-electron chi connectivity index (χ2n) is 6.16. The molecule has 2 aromatic carbocycles. The van der Waals surface area contributed by atoms with E-state index in [4.69, 9.17) is 0 Å². The standard InChI is InChI=1S/C21H22N2O2S/c24-26(25,17-13-19-8-2-1-3-9-19)22-14-6-7-15-23-16-12-20-10-4-5-11-21(20)18-23/h1-5,8-11,13,17,22H,12,14-16,18H2/b17-13+. The van der Waals surface area contributed by atoms with Gasteiger partial charge in [-0.25, -0.2) is 8.42 Å². The first-order valence-electron chi connectivity index (χ1n) is 8.60. The fourth-order valence-corrected chi connectivity index (χ4v) is 3.54. The van der Waals surface area contributed by atoms with E-state index in [9.17, 15) is 8.42 Å². The lowest BCUT2D eigenvalue weighted by molar-refractivity contribution is 0.286. The Hall–Kier alpha value is -2.39. The van der Waals surface area contributed by atoms with Crippen molar-refractivity contribution in [3.05, 3.63) is 76.7 Å². The Morgan fingerprint density at radius 2 is 1.73 bits per heavy atom. The topological polar surface area (TPSA) is 49.4 Å². The average Bonchev–Trinajstić information content (AvgIpc) is 2.67. The third-order valence-corrected chi connectivity index (χ3v) is 5.28. The molecule has 0 bridgehead atoms. The minimum absolute atomic E-state index is 0.117. The van der Waals surface area contributed by atoms with Crippen LogP contribution < -0.4 is 4.72 Å². The normalized spacial score (nSPS) is 14.6. The largest absolute Gasteiger partial charge is 0.288 e. The van der Waals surface area contributed by atoms with Crippen molar-refractivity contribution >= 4 is 16.1 Å². The highest BCUT2D eigenvalue weighted by atomic mass is 32.2. The van der Waals surface area contributed by atoms with Crippen LogP contribution in [0, 0.1) is 11.8 Å². The van der Waals surface area contributed by atoms with Gasteiger partial charge >= 0.3 is 0 Å². The summed E-state index contributed by atoms with van der Waals surface area (Å²) in [6.07, 6.45) is 2.61. The zero-order valence-corrected chi connectivity index (χ0v) is 15.4. The predicted molar refractivity (Wildman–Crippen MR) is 106 cm³/mol. The molecule has 0 spiro atoms. The molecule has 0 amide bonds. The third kappa shape index (κ3) is 5.57. The van der Waals surface area contributed by atoms with E-state index < -0.39 is 10.0 Å². The van der Waals surface area contributed by atoms with Crippen molar-refractivity contribution in [2.24, 2.45) is 0 Å². The quantitative estimate of drug-likeness (QED) is 0.828. The smallest absolute Gasteiger partial charge is 0.234 e. The van der Waals surface area contributed by atoms with Crippen LogP contribution in [0.25, 0.3) is 6.08 Å². The van der Waals surface area contributed by atoms with Crippen molar-refractivity contribution < 1.29 is 8.42 Å². The molecule has 2 aromatic rings. The summed E-state index contributed by atoms with van der Waals surface area (Å²) in [7, 11) is -3.47. The third-order valence-electron chi connectivity index (χ3n) is 4.24. The first-order valence-corrected chi connectivity index (χ1v) is 10.1. The number of rotatable bonds is 5. The fourth-order valence-electron chi connectivity index (χ4n) is 2.84. The molecule has 0 saturated carbocycles.